The molecule has 0 bridgehead atoms. The lowest BCUT2D eigenvalue weighted by molar-refractivity contribution is -0.105. The molecule has 1 aromatic carbocycles. The number of hydrogen-bond acceptors (Lipinski definition) is 7. The Labute approximate surface area is 212 Å². The summed E-state index contributed by atoms with van der Waals surface area (Å²) in [6.07, 6.45) is 2.46. The number of carbonyl (C=O) groups is 1. The molecule has 1 heterocycles. The van der Waals surface area contributed by atoms with Crippen molar-refractivity contribution in [2.45, 2.75) is 45.9 Å². The van der Waals surface area contributed by atoms with Gasteiger partial charge in [0.1, 0.15) is 12.3 Å². The van der Waals surface area contributed by atoms with Crippen LogP contribution < -0.4 is 20.1 Å². The molecule has 2 aromatic rings. The number of nitrogens with zero attached hydrogens (tertiary/aromatic N) is 2. The molecule has 190 valence electrons. The molecule has 2 atom stereocenters. The van der Waals surface area contributed by atoms with Gasteiger partial charge in [-0.15, -0.1) is 11.6 Å². The number of carbonyl (C=O) groups excluding carboxylic acids is 1. The highest BCUT2D eigenvalue weighted by molar-refractivity contribution is 6.33. The third-order valence-corrected chi connectivity index (χ3v) is 5.90. The van der Waals surface area contributed by atoms with Crippen molar-refractivity contribution in [2.24, 2.45) is 0 Å². The number of alkyl halides is 1. The predicted octanol–water partition coefficient (Wildman–Crippen LogP) is 3.98. The lowest BCUT2D eigenvalue weighted by Crippen LogP contribution is -2.44. The maximum absolute atomic E-state index is 10.2. The Kier molecular flexibility index (Phi) is 13.9. The number of halogens is 2. The molecule has 34 heavy (non-hydrogen) atoms. The summed E-state index contributed by atoms with van der Waals surface area (Å²) in [6, 6.07) is 3.89. The lowest BCUT2D eigenvalue weighted by atomic mass is 10.1. The normalized spacial score (nSPS) is 12.4. The summed E-state index contributed by atoms with van der Waals surface area (Å²) in [5.41, 5.74) is 3.40. The third kappa shape index (κ3) is 9.27. The van der Waals surface area contributed by atoms with E-state index in [1.54, 1.807) is 13.3 Å². The van der Waals surface area contributed by atoms with E-state index in [9.17, 15) is 9.90 Å². The van der Waals surface area contributed by atoms with Crippen molar-refractivity contribution in [3.8, 4) is 11.5 Å². The van der Waals surface area contributed by atoms with Crippen LogP contribution in [0.3, 0.4) is 0 Å². The van der Waals surface area contributed by atoms with Gasteiger partial charge >= 0.3 is 0 Å². The Bertz CT molecular complexity index is 902. The summed E-state index contributed by atoms with van der Waals surface area (Å²) in [4.78, 5) is 16.2. The summed E-state index contributed by atoms with van der Waals surface area (Å²) in [6.45, 7) is 10.6. The van der Waals surface area contributed by atoms with Crippen molar-refractivity contribution >= 4 is 35.3 Å². The SMILES string of the molecule is CCN(C)CCNC(O)C(C)Oc1c(OC)ccc(C)c1C.O=CNc1c(Cl)cncc1CCl. The molecule has 0 saturated carbocycles. The summed E-state index contributed by atoms with van der Waals surface area (Å²) < 4.78 is 11.3. The molecule has 0 aliphatic rings. The minimum atomic E-state index is -0.727. The van der Waals surface area contributed by atoms with Gasteiger partial charge < -0.3 is 24.8 Å². The second-order valence-electron chi connectivity index (χ2n) is 7.71. The van der Waals surface area contributed by atoms with Crippen LogP contribution in [0.5, 0.6) is 11.5 Å². The molecular weight excluding hydrogens is 479 g/mol. The molecule has 8 nitrogen and oxygen atoms in total. The van der Waals surface area contributed by atoms with Crippen molar-refractivity contribution < 1.29 is 19.4 Å². The van der Waals surface area contributed by atoms with Crippen LogP contribution in [0.2, 0.25) is 5.02 Å². The summed E-state index contributed by atoms with van der Waals surface area (Å²) in [5, 5.41) is 16.1. The molecule has 2 unspecified atom stereocenters. The van der Waals surface area contributed by atoms with E-state index in [4.69, 9.17) is 32.7 Å². The Hall–Kier alpha value is -2.10. The topological polar surface area (TPSA) is 96.0 Å². The Balaban J connectivity index is 0.000000404. The van der Waals surface area contributed by atoms with Crippen LogP contribution in [0, 0.1) is 13.8 Å². The molecule has 0 fully saturated rings. The van der Waals surface area contributed by atoms with Crippen molar-refractivity contribution in [2.75, 3.05) is 39.1 Å². The number of hydrogen-bond donors (Lipinski definition) is 3. The first-order valence-electron chi connectivity index (χ1n) is 11.0. The standard InChI is InChI=1S/C17H30N2O3.C7H6Cl2N2O/c1-7-19(5)11-10-18-17(20)14(4)22-16-13(3)12(2)8-9-15(16)21-6;8-1-5-2-10-3-6(9)7(5)11-4-12/h8-9,14,17-18,20H,7,10-11H2,1-6H3;2-4H,1H2,(H,10,11,12). The Morgan fingerprint density at radius 1 is 1.29 bits per heavy atom. The van der Waals surface area contributed by atoms with Crippen LogP contribution in [-0.2, 0) is 10.7 Å². The maximum Gasteiger partial charge on any atom is 0.211 e. The maximum atomic E-state index is 10.2. The molecule has 0 aliphatic carbocycles. The third-order valence-electron chi connectivity index (χ3n) is 5.32. The molecule has 1 aromatic heterocycles. The number of methoxy groups -OCH3 is 1. The van der Waals surface area contributed by atoms with E-state index in [1.807, 2.05) is 32.9 Å². The zero-order valence-corrected chi connectivity index (χ0v) is 22.2. The number of aromatic nitrogens is 1. The molecule has 1 amide bonds. The van der Waals surface area contributed by atoms with Gasteiger partial charge in [-0.05, 0) is 51.6 Å². The van der Waals surface area contributed by atoms with E-state index in [0.717, 1.165) is 24.2 Å². The molecule has 2 rings (SSSR count). The fourth-order valence-corrected chi connectivity index (χ4v) is 3.28. The number of likely N-dealkylation sites (N-methyl/N-ethyl adjacent to an activating group) is 1. The van der Waals surface area contributed by atoms with Crippen molar-refractivity contribution in [1.29, 1.82) is 0 Å². The zero-order chi connectivity index (χ0) is 25.7. The minimum Gasteiger partial charge on any atom is -0.493 e. The largest absolute Gasteiger partial charge is 0.493 e. The average Bonchev–Trinajstić information content (AvgIpc) is 2.83. The van der Waals surface area contributed by atoms with Gasteiger partial charge in [0.15, 0.2) is 11.5 Å². The number of pyridine rings is 1. The minimum absolute atomic E-state index is 0.268. The number of aryl methyl sites for hydroxylation is 1. The first-order valence-corrected chi connectivity index (χ1v) is 11.9. The van der Waals surface area contributed by atoms with Crippen LogP contribution in [0.1, 0.15) is 30.5 Å². The molecule has 0 radical (unpaired) electrons. The molecule has 10 heteroatoms. The van der Waals surface area contributed by atoms with Gasteiger partial charge in [-0.2, -0.15) is 0 Å². The van der Waals surface area contributed by atoms with E-state index in [2.05, 4.69) is 34.5 Å². The second kappa shape index (κ2) is 15.7. The Morgan fingerprint density at radius 2 is 2.00 bits per heavy atom. The summed E-state index contributed by atoms with van der Waals surface area (Å²) in [5.74, 6) is 1.65. The molecule has 0 saturated heterocycles. The van der Waals surface area contributed by atoms with Crippen LogP contribution >= 0.6 is 23.2 Å². The highest BCUT2D eigenvalue weighted by atomic mass is 35.5. The summed E-state index contributed by atoms with van der Waals surface area (Å²) in [7, 11) is 3.67. The number of ether oxygens (including phenoxy) is 2. The second-order valence-corrected chi connectivity index (χ2v) is 8.38. The van der Waals surface area contributed by atoms with Crippen LogP contribution in [0.15, 0.2) is 24.5 Å². The van der Waals surface area contributed by atoms with E-state index in [0.29, 0.717) is 40.7 Å². The van der Waals surface area contributed by atoms with Crippen LogP contribution in [0.25, 0.3) is 0 Å². The number of benzene rings is 1. The number of nitrogens with one attached hydrogen (secondary N) is 2. The van der Waals surface area contributed by atoms with Gasteiger partial charge in [-0.1, -0.05) is 24.6 Å². The van der Waals surface area contributed by atoms with E-state index >= 15 is 0 Å². The molecule has 0 aliphatic heterocycles. The van der Waals surface area contributed by atoms with Crippen molar-refractivity contribution in [3.05, 3.63) is 46.2 Å². The monoisotopic (exact) mass is 514 g/mol. The number of rotatable bonds is 12. The van der Waals surface area contributed by atoms with Crippen molar-refractivity contribution in [1.82, 2.24) is 15.2 Å². The first-order chi connectivity index (χ1) is 16.2. The molecular formula is C24H36Cl2N4O4. The number of amides is 1. The van der Waals surface area contributed by atoms with E-state index < -0.39 is 6.23 Å². The van der Waals surface area contributed by atoms with Crippen LogP contribution in [-0.4, -0.2) is 67.5 Å². The molecule has 0 spiro atoms. The van der Waals surface area contributed by atoms with Gasteiger partial charge in [0.05, 0.1) is 23.7 Å². The molecule has 3 N–H and O–H groups in total. The quantitative estimate of drug-likeness (QED) is 0.224. The van der Waals surface area contributed by atoms with Gasteiger partial charge in [-0.25, -0.2) is 0 Å². The smallest absolute Gasteiger partial charge is 0.211 e. The highest BCUT2D eigenvalue weighted by Crippen LogP contribution is 2.33. The van der Waals surface area contributed by atoms with Gasteiger partial charge in [0.25, 0.3) is 0 Å². The average molecular weight is 515 g/mol. The number of aliphatic hydroxyl groups excluding tert-OH is 1. The van der Waals surface area contributed by atoms with E-state index in [-0.39, 0.29) is 12.0 Å². The van der Waals surface area contributed by atoms with E-state index in [1.165, 1.54) is 6.20 Å². The zero-order valence-electron chi connectivity index (χ0n) is 20.7. The number of anilines is 1. The van der Waals surface area contributed by atoms with Gasteiger partial charge in [0.2, 0.25) is 6.41 Å². The predicted molar refractivity (Wildman–Crippen MR) is 138 cm³/mol. The summed E-state index contributed by atoms with van der Waals surface area (Å²) >= 11 is 11.3. The first kappa shape index (κ1) is 29.9. The van der Waals surface area contributed by atoms with Gasteiger partial charge in [0, 0.05) is 31.0 Å². The lowest BCUT2D eigenvalue weighted by Gasteiger charge is -2.25. The van der Waals surface area contributed by atoms with Gasteiger partial charge in [-0.3, -0.25) is 15.1 Å². The number of aliphatic hydroxyl groups is 1. The van der Waals surface area contributed by atoms with Crippen molar-refractivity contribution in [3.63, 3.8) is 0 Å². The highest BCUT2D eigenvalue weighted by Gasteiger charge is 2.19. The fourth-order valence-electron chi connectivity index (χ4n) is 2.85. The fraction of sp³-hybridized carbons (Fsp3) is 0.500. The van der Waals surface area contributed by atoms with Crippen LogP contribution in [0.4, 0.5) is 5.69 Å². The Morgan fingerprint density at radius 3 is 2.59 bits per heavy atom.